The maximum atomic E-state index is 11.9. The number of cyclic esters (lactones) is 1. The Balaban J connectivity index is 2.32. The van der Waals surface area contributed by atoms with Crippen LogP contribution in [-0.2, 0) is 20.7 Å². The van der Waals surface area contributed by atoms with Crippen LogP contribution in [0.25, 0.3) is 0 Å². The van der Waals surface area contributed by atoms with Gasteiger partial charge >= 0.3 is 5.97 Å². The molecule has 1 heterocycles. The van der Waals surface area contributed by atoms with Crippen LogP contribution in [0.5, 0.6) is 0 Å². The van der Waals surface area contributed by atoms with Crippen LogP contribution in [0, 0.1) is 19.3 Å². The number of hydrogen-bond donors (Lipinski definition) is 0. The first-order valence-corrected chi connectivity index (χ1v) is 6.20. The minimum atomic E-state index is -0.957. The number of esters is 1. The minimum absolute atomic E-state index is 0.0942. The van der Waals surface area contributed by atoms with E-state index >= 15 is 0 Å². The van der Waals surface area contributed by atoms with Gasteiger partial charge in [-0.3, -0.25) is 9.59 Å². The molecule has 1 aromatic carbocycles. The SMILES string of the molecule is CC(=O)C1(Cc2ccc(C)c(C)c2)CCOC1=O. The smallest absolute Gasteiger partial charge is 0.320 e. The molecule has 1 saturated heterocycles. The molecule has 3 heteroatoms. The number of carbonyl (C=O) groups is 2. The summed E-state index contributed by atoms with van der Waals surface area (Å²) in [4.78, 5) is 23.7. The quantitative estimate of drug-likeness (QED) is 0.607. The molecule has 1 aromatic rings. The van der Waals surface area contributed by atoms with E-state index < -0.39 is 5.41 Å². The van der Waals surface area contributed by atoms with Crippen LogP contribution < -0.4 is 0 Å². The molecule has 0 saturated carbocycles. The van der Waals surface area contributed by atoms with Crippen molar-refractivity contribution in [2.24, 2.45) is 5.41 Å². The van der Waals surface area contributed by atoms with E-state index in [0.717, 1.165) is 5.56 Å². The fourth-order valence-electron chi connectivity index (χ4n) is 2.42. The maximum absolute atomic E-state index is 11.9. The summed E-state index contributed by atoms with van der Waals surface area (Å²) >= 11 is 0. The van der Waals surface area contributed by atoms with Gasteiger partial charge in [-0.25, -0.2) is 0 Å². The van der Waals surface area contributed by atoms with Crippen molar-refractivity contribution in [3.63, 3.8) is 0 Å². The molecule has 0 N–H and O–H groups in total. The van der Waals surface area contributed by atoms with Crippen molar-refractivity contribution in [1.82, 2.24) is 0 Å². The number of Topliss-reactive ketones (excluding diaryl/α,β-unsaturated/α-hetero) is 1. The molecule has 0 amide bonds. The summed E-state index contributed by atoms with van der Waals surface area (Å²) in [6.45, 7) is 5.91. The monoisotopic (exact) mass is 246 g/mol. The summed E-state index contributed by atoms with van der Waals surface area (Å²) in [6, 6.07) is 6.06. The second-order valence-corrected chi connectivity index (χ2v) is 5.12. The normalized spacial score (nSPS) is 22.9. The lowest BCUT2D eigenvalue weighted by Gasteiger charge is -2.21. The summed E-state index contributed by atoms with van der Waals surface area (Å²) in [5.74, 6) is -0.462. The maximum Gasteiger partial charge on any atom is 0.320 e. The highest BCUT2D eigenvalue weighted by Gasteiger charge is 2.48. The number of ketones is 1. The third kappa shape index (κ3) is 2.05. The standard InChI is InChI=1S/C15H18O3/c1-10-4-5-13(8-11(10)2)9-15(12(3)16)6-7-18-14(15)17/h4-5,8H,6-7,9H2,1-3H3. The minimum Gasteiger partial charge on any atom is -0.465 e. The van der Waals surface area contributed by atoms with E-state index in [4.69, 9.17) is 4.74 Å². The lowest BCUT2D eigenvalue weighted by Crippen LogP contribution is -2.36. The van der Waals surface area contributed by atoms with Crippen molar-refractivity contribution in [2.45, 2.75) is 33.6 Å². The van der Waals surface area contributed by atoms with Gasteiger partial charge in [0.15, 0.2) is 0 Å². The number of ether oxygens (including phenoxy) is 1. The lowest BCUT2D eigenvalue weighted by molar-refractivity contribution is -0.150. The van der Waals surface area contributed by atoms with E-state index in [1.807, 2.05) is 32.0 Å². The van der Waals surface area contributed by atoms with E-state index in [-0.39, 0.29) is 11.8 Å². The summed E-state index contributed by atoms with van der Waals surface area (Å²) in [7, 11) is 0. The highest BCUT2D eigenvalue weighted by molar-refractivity contribution is 6.04. The third-order valence-electron chi connectivity index (χ3n) is 3.90. The summed E-state index contributed by atoms with van der Waals surface area (Å²) in [6.07, 6.45) is 0.941. The molecule has 96 valence electrons. The van der Waals surface area contributed by atoms with Crippen LogP contribution >= 0.6 is 0 Å². The van der Waals surface area contributed by atoms with Crippen molar-refractivity contribution in [3.05, 3.63) is 34.9 Å². The van der Waals surface area contributed by atoms with Gasteiger partial charge < -0.3 is 4.74 Å². The van der Waals surface area contributed by atoms with Gasteiger partial charge in [-0.1, -0.05) is 18.2 Å². The van der Waals surface area contributed by atoms with Crippen LogP contribution in [0.4, 0.5) is 0 Å². The number of hydrogen-bond acceptors (Lipinski definition) is 3. The molecule has 3 nitrogen and oxygen atoms in total. The number of carbonyl (C=O) groups excluding carboxylic acids is 2. The highest BCUT2D eigenvalue weighted by atomic mass is 16.5. The molecular weight excluding hydrogens is 228 g/mol. The zero-order valence-electron chi connectivity index (χ0n) is 11.1. The van der Waals surface area contributed by atoms with Gasteiger partial charge in [0.25, 0.3) is 0 Å². The van der Waals surface area contributed by atoms with Crippen molar-refractivity contribution < 1.29 is 14.3 Å². The van der Waals surface area contributed by atoms with Crippen LogP contribution in [0.3, 0.4) is 0 Å². The first-order valence-electron chi connectivity index (χ1n) is 6.20. The molecular formula is C15H18O3. The van der Waals surface area contributed by atoms with Gasteiger partial charge in [0.1, 0.15) is 11.2 Å². The Morgan fingerprint density at radius 3 is 2.56 bits per heavy atom. The zero-order valence-corrected chi connectivity index (χ0v) is 11.1. The van der Waals surface area contributed by atoms with Gasteiger partial charge in [0, 0.05) is 6.42 Å². The van der Waals surface area contributed by atoms with E-state index in [0.29, 0.717) is 19.4 Å². The fourth-order valence-corrected chi connectivity index (χ4v) is 2.42. The molecule has 2 rings (SSSR count). The van der Waals surface area contributed by atoms with Crippen molar-refractivity contribution in [3.8, 4) is 0 Å². The van der Waals surface area contributed by atoms with Crippen LogP contribution in [-0.4, -0.2) is 18.4 Å². The lowest BCUT2D eigenvalue weighted by atomic mass is 9.77. The average molecular weight is 246 g/mol. The topological polar surface area (TPSA) is 43.4 Å². The second-order valence-electron chi connectivity index (χ2n) is 5.12. The van der Waals surface area contributed by atoms with Gasteiger partial charge in [0.2, 0.25) is 0 Å². The molecule has 0 aromatic heterocycles. The fraction of sp³-hybridized carbons (Fsp3) is 0.467. The average Bonchev–Trinajstić information content (AvgIpc) is 2.67. The van der Waals surface area contributed by atoms with Gasteiger partial charge in [0.05, 0.1) is 6.61 Å². The molecule has 1 fully saturated rings. The molecule has 18 heavy (non-hydrogen) atoms. The Hall–Kier alpha value is -1.64. The Bertz CT molecular complexity index is 504. The van der Waals surface area contributed by atoms with Crippen molar-refractivity contribution in [2.75, 3.05) is 6.61 Å². The molecule has 1 unspecified atom stereocenters. The molecule has 1 aliphatic heterocycles. The van der Waals surface area contributed by atoms with E-state index in [1.165, 1.54) is 18.1 Å². The Morgan fingerprint density at radius 2 is 2.06 bits per heavy atom. The summed E-state index contributed by atoms with van der Waals surface area (Å²) < 4.78 is 5.00. The van der Waals surface area contributed by atoms with Crippen molar-refractivity contribution in [1.29, 1.82) is 0 Å². The number of benzene rings is 1. The predicted octanol–water partition coefficient (Wildman–Crippen LogP) is 2.37. The molecule has 0 bridgehead atoms. The number of aryl methyl sites for hydroxylation is 2. The first kappa shape index (κ1) is 12.8. The van der Waals surface area contributed by atoms with Gasteiger partial charge in [-0.2, -0.15) is 0 Å². The molecule has 0 radical (unpaired) electrons. The first-order chi connectivity index (χ1) is 8.45. The highest BCUT2D eigenvalue weighted by Crippen LogP contribution is 2.35. The molecule has 1 aliphatic rings. The van der Waals surface area contributed by atoms with Crippen LogP contribution in [0.15, 0.2) is 18.2 Å². The molecule has 1 atom stereocenters. The number of rotatable bonds is 3. The summed E-state index contributed by atoms with van der Waals surface area (Å²) in [5.41, 5.74) is 2.45. The Labute approximate surface area is 107 Å². The zero-order chi connectivity index (χ0) is 13.3. The second kappa shape index (κ2) is 4.56. The largest absolute Gasteiger partial charge is 0.465 e. The van der Waals surface area contributed by atoms with Crippen LogP contribution in [0.2, 0.25) is 0 Å². The van der Waals surface area contributed by atoms with Crippen LogP contribution in [0.1, 0.15) is 30.0 Å². The van der Waals surface area contributed by atoms with Gasteiger partial charge in [-0.05, 0) is 43.9 Å². The predicted molar refractivity (Wildman–Crippen MR) is 68.3 cm³/mol. The Morgan fingerprint density at radius 1 is 1.33 bits per heavy atom. The third-order valence-corrected chi connectivity index (χ3v) is 3.90. The Kier molecular flexibility index (Phi) is 3.24. The molecule has 0 spiro atoms. The van der Waals surface area contributed by atoms with Gasteiger partial charge in [-0.15, -0.1) is 0 Å². The summed E-state index contributed by atoms with van der Waals surface area (Å²) in [5, 5.41) is 0. The van der Waals surface area contributed by atoms with E-state index in [9.17, 15) is 9.59 Å². The molecule has 0 aliphatic carbocycles. The van der Waals surface area contributed by atoms with Crippen molar-refractivity contribution >= 4 is 11.8 Å². The van der Waals surface area contributed by atoms with E-state index in [1.54, 1.807) is 0 Å². The van der Waals surface area contributed by atoms with E-state index in [2.05, 4.69) is 0 Å².